The fourth-order valence-corrected chi connectivity index (χ4v) is 2.85. The van der Waals surface area contributed by atoms with Crippen molar-refractivity contribution in [3.05, 3.63) is 29.3 Å². The first-order valence-electron chi connectivity index (χ1n) is 9.17. The second-order valence-corrected chi connectivity index (χ2v) is 6.48. The number of aliphatic hydroxyl groups is 4. The van der Waals surface area contributed by atoms with Crippen molar-refractivity contribution in [2.24, 2.45) is 0 Å². The lowest BCUT2D eigenvalue weighted by Crippen LogP contribution is -2.46. The normalized spacial score (nSPS) is 14.0. The largest absolute Gasteiger partial charge is 0.508 e. The zero-order chi connectivity index (χ0) is 18.7. The molecule has 0 aliphatic carbocycles. The molecule has 0 saturated heterocycles. The Labute approximate surface area is 150 Å². The summed E-state index contributed by atoms with van der Waals surface area (Å²) in [7, 11) is 0. The molecule has 1 aromatic carbocycles. The van der Waals surface area contributed by atoms with Crippen LogP contribution in [0.15, 0.2) is 18.2 Å². The van der Waals surface area contributed by atoms with E-state index in [4.69, 9.17) is 10.2 Å². The topological polar surface area (TPSA) is 104 Å². The third kappa shape index (κ3) is 7.71. The van der Waals surface area contributed by atoms with Gasteiger partial charge in [-0.3, -0.25) is 0 Å². The molecule has 1 aromatic rings. The summed E-state index contributed by atoms with van der Waals surface area (Å²) in [4.78, 5) is 1.14. The molecule has 0 aromatic heterocycles. The number of aryl methyl sites for hydroxylation is 1. The van der Waals surface area contributed by atoms with Gasteiger partial charge in [-0.2, -0.15) is 0 Å². The van der Waals surface area contributed by atoms with Crippen molar-refractivity contribution < 1.29 is 25.5 Å². The van der Waals surface area contributed by atoms with E-state index in [0.29, 0.717) is 5.56 Å². The molecule has 5 N–H and O–H groups in total. The third-order valence-corrected chi connectivity index (χ3v) is 4.41. The summed E-state index contributed by atoms with van der Waals surface area (Å²) in [5.41, 5.74) is 1.63. The van der Waals surface area contributed by atoms with Crippen LogP contribution in [0, 0.1) is 0 Å². The zero-order valence-electron chi connectivity index (χ0n) is 15.1. The summed E-state index contributed by atoms with van der Waals surface area (Å²) < 4.78 is 0. The van der Waals surface area contributed by atoms with E-state index in [2.05, 4.69) is 6.92 Å². The molecule has 0 saturated carbocycles. The molecule has 1 rings (SSSR count). The molecule has 0 amide bonds. The first-order chi connectivity index (χ1) is 12.0. The maximum atomic E-state index is 10.0. The molecule has 2 unspecified atom stereocenters. The van der Waals surface area contributed by atoms with Crippen LogP contribution in [0.4, 0.5) is 0 Å². The number of benzene rings is 1. The Kier molecular flexibility index (Phi) is 10.7. The second kappa shape index (κ2) is 12.2. The summed E-state index contributed by atoms with van der Waals surface area (Å²) in [6.45, 7) is 1.08. The first kappa shape index (κ1) is 21.9. The molecule has 6 heteroatoms. The Morgan fingerprint density at radius 2 is 1.52 bits per heavy atom. The lowest BCUT2D eigenvalue weighted by atomic mass is 10.0. The van der Waals surface area contributed by atoms with Crippen LogP contribution in [0.1, 0.15) is 56.6 Å². The highest BCUT2D eigenvalue weighted by molar-refractivity contribution is 5.36. The smallest absolute Gasteiger partial charge is 0.133 e. The van der Waals surface area contributed by atoms with E-state index in [1.54, 1.807) is 6.07 Å². The minimum Gasteiger partial charge on any atom is -0.508 e. The number of aromatic hydroxyl groups is 1. The summed E-state index contributed by atoms with van der Waals surface area (Å²) in [6, 6.07) is 5.33. The number of hydrogen-bond donors (Lipinski definition) is 5. The minimum absolute atomic E-state index is 0.0274. The molecule has 0 aliphatic rings. The molecule has 25 heavy (non-hydrogen) atoms. The van der Waals surface area contributed by atoms with Crippen LogP contribution < -0.4 is 0 Å². The molecule has 2 atom stereocenters. The number of hydrogen-bond acceptors (Lipinski definition) is 6. The Morgan fingerprint density at radius 1 is 0.920 bits per heavy atom. The van der Waals surface area contributed by atoms with Gasteiger partial charge in [-0.05, 0) is 24.5 Å². The monoisotopic (exact) mass is 355 g/mol. The second-order valence-electron chi connectivity index (χ2n) is 6.48. The van der Waals surface area contributed by atoms with Gasteiger partial charge in [0.15, 0.2) is 0 Å². The highest BCUT2D eigenvalue weighted by atomic mass is 16.4. The molecular weight excluding hydrogens is 322 g/mol. The van der Waals surface area contributed by atoms with Crippen LogP contribution in [-0.4, -0.2) is 56.1 Å². The number of aliphatic hydroxyl groups excluding tert-OH is 4. The highest BCUT2D eigenvalue weighted by Gasteiger charge is 2.23. The quantitative estimate of drug-likeness (QED) is 0.273. The van der Waals surface area contributed by atoms with Gasteiger partial charge in [-0.25, -0.2) is 4.90 Å². The Bertz CT molecular complexity index is 473. The molecule has 0 bridgehead atoms. The maximum absolute atomic E-state index is 10.0. The lowest BCUT2D eigenvalue weighted by Gasteiger charge is -2.30. The predicted molar refractivity (Wildman–Crippen MR) is 96.9 cm³/mol. The van der Waals surface area contributed by atoms with Crippen LogP contribution >= 0.6 is 0 Å². The van der Waals surface area contributed by atoms with Crippen LogP contribution in [0.25, 0.3) is 0 Å². The maximum Gasteiger partial charge on any atom is 0.133 e. The SMILES string of the molecule is CCCCCCCCc1ccc(O)c(CN(C(O)CO)C(O)CO)c1. The Hall–Kier alpha value is -1.18. The molecule has 0 fully saturated rings. The number of phenolic OH excluding ortho intramolecular Hbond substituents is 1. The summed E-state index contributed by atoms with van der Waals surface area (Å²) in [5.74, 6) is 0.0620. The highest BCUT2D eigenvalue weighted by Crippen LogP contribution is 2.23. The average Bonchev–Trinajstić information content (AvgIpc) is 2.63. The van der Waals surface area contributed by atoms with Gasteiger partial charge in [0, 0.05) is 12.1 Å². The van der Waals surface area contributed by atoms with Gasteiger partial charge >= 0.3 is 0 Å². The standard InChI is InChI=1S/C19H33NO5/c1-2-3-4-5-6-7-8-15-9-10-17(23)16(11-15)12-20(18(24)13-21)19(25)14-22/h9-11,18-19,21-25H,2-8,12-14H2,1H3. The van der Waals surface area contributed by atoms with Gasteiger partial charge in [-0.15, -0.1) is 0 Å². The van der Waals surface area contributed by atoms with E-state index in [0.717, 1.165) is 23.3 Å². The fourth-order valence-electron chi connectivity index (χ4n) is 2.85. The van der Waals surface area contributed by atoms with Crippen molar-refractivity contribution in [3.8, 4) is 5.75 Å². The fraction of sp³-hybridized carbons (Fsp3) is 0.684. The summed E-state index contributed by atoms with van der Waals surface area (Å²) in [6.07, 6.45) is 5.54. The van der Waals surface area contributed by atoms with E-state index >= 15 is 0 Å². The first-order valence-corrected chi connectivity index (χ1v) is 9.17. The van der Waals surface area contributed by atoms with Crippen molar-refractivity contribution >= 4 is 0 Å². The van der Waals surface area contributed by atoms with E-state index in [-0.39, 0.29) is 12.3 Å². The van der Waals surface area contributed by atoms with Gasteiger partial charge in [0.2, 0.25) is 0 Å². The molecule has 0 heterocycles. The molecule has 6 nitrogen and oxygen atoms in total. The summed E-state index contributed by atoms with van der Waals surface area (Å²) >= 11 is 0. The number of nitrogens with zero attached hydrogens (tertiary/aromatic N) is 1. The molecule has 0 spiro atoms. The van der Waals surface area contributed by atoms with Crippen molar-refractivity contribution in [1.82, 2.24) is 4.90 Å². The molecule has 144 valence electrons. The van der Waals surface area contributed by atoms with Crippen LogP contribution in [-0.2, 0) is 13.0 Å². The van der Waals surface area contributed by atoms with E-state index in [9.17, 15) is 15.3 Å². The molecular formula is C19H33NO5. The van der Waals surface area contributed by atoms with Crippen LogP contribution in [0.3, 0.4) is 0 Å². The number of phenols is 1. The Balaban J connectivity index is 2.66. The Morgan fingerprint density at radius 3 is 2.12 bits per heavy atom. The lowest BCUT2D eigenvalue weighted by molar-refractivity contribution is -0.138. The van der Waals surface area contributed by atoms with Gasteiger partial charge in [0.1, 0.15) is 18.2 Å². The van der Waals surface area contributed by atoms with Crippen LogP contribution in [0.2, 0.25) is 0 Å². The average molecular weight is 355 g/mol. The number of unbranched alkanes of at least 4 members (excludes halogenated alkanes) is 5. The minimum atomic E-state index is -1.32. The van der Waals surface area contributed by atoms with Gasteiger partial charge < -0.3 is 25.5 Å². The van der Waals surface area contributed by atoms with Gasteiger partial charge in [0.25, 0.3) is 0 Å². The summed E-state index contributed by atoms with van der Waals surface area (Å²) in [5, 5.41) is 47.9. The zero-order valence-corrected chi connectivity index (χ0v) is 15.1. The van der Waals surface area contributed by atoms with Crippen molar-refractivity contribution in [2.45, 2.75) is 70.9 Å². The van der Waals surface area contributed by atoms with Gasteiger partial charge in [-0.1, -0.05) is 51.2 Å². The van der Waals surface area contributed by atoms with Crippen LogP contribution in [0.5, 0.6) is 5.75 Å². The van der Waals surface area contributed by atoms with Crippen molar-refractivity contribution in [2.75, 3.05) is 13.2 Å². The number of rotatable bonds is 13. The predicted octanol–water partition coefficient (Wildman–Crippen LogP) is 1.72. The molecule has 0 radical (unpaired) electrons. The van der Waals surface area contributed by atoms with Crippen molar-refractivity contribution in [3.63, 3.8) is 0 Å². The van der Waals surface area contributed by atoms with E-state index in [1.807, 2.05) is 12.1 Å². The van der Waals surface area contributed by atoms with E-state index < -0.39 is 25.7 Å². The molecule has 0 aliphatic heterocycles. The third-order valence-electron chi connectivity index (χ3n) is 4.41. The van der Waals surface area contributed by atoms with Crippen molar-refractivity contribution in [1.29, 1.82) is 0 Å². The van der Waals surface area contributed by atoms with Gasteiger partial charge in [0.05, 0.1) is 13.2 Å². The van der Waals surface area contributed by atoms with E-state index in [1.165, 1.54) is 32.1 Å².